The van der Waals surface area contributed by atoms with Crippen LogP contribution in [0.1, 0.15) is 5.56 Å². The number of rotatable bonds is 6. The molecule has 0 saturated carbocycles. The van der Waals surface area contributed by atoms with Crippen LogP contribution in [0, 0.1) is 12.3 Å². The number of benzene rings is 1. The first-order chi connectivity index (χ1) is 8.61. The van der Waals surface area contributed by atoms with Gasteiger partial charge in [-0.25, -0.2) is 0 Å². The normalized spacial score (nSPS) is 9.50. The molecule has 0 atom stereocenters. The van der Waals surface area contributed by atoms with E-state index in [4.69, 9.17) is 11.5 Å². The van der Waals surface area contributed by atoms with Crippen molar-refractivity contribution >= 4 is 17.6 Å². The standard InChI is InChI=1S/C13H14N2O3/c1-2-6-14-9-12(16)15-11-5-3-4-10(7-11)8-13(17)18/h1,3-5,7,14H,6,8-9H2,(H,15,16)(H,17,18). The Labute approximate surface area is 105 Å². The van der Waals surface area contributed by atoms with Crippen molar-refractivity contribution in [3.05, 3.63) is 29.8 Å². The summed E-state index contributed by atoms with van der Waals surface area (Å²) in [5, 5.41) is 14.1. The van der Waals surface area contributed by atoms with Crippen LogP contribution in [0.3, 0.4) is 0 Å². The smallest absolute Gasteiger partial charge is 0.307 e. The Hall–Kier alpha value is -2.32. The molecule has 0 bridgehead atoms. The maximum atomic E-state index is 11.5. The molecule has 0 aromatic heterocycles. The minimum Gasteiger partial charge on any atom is -0.481 e. The Kier molecular flexibility index (Phi) is 5.42. The maximum absolute atomic E-state index is 11.5. The molecule has 0 spiro atoms. The van der Waals surface area contributed by atoms with E-state index < -0.39 is 5.97 Å². The van der Waals surface area contributed by atoms with Crippen LogP contribution in [0.15, 0.2) is 24.3 Å². The van der Waals surface area contributed by atoms with Gasteiger partial charge in [0.05, 0.1) is 19.5 Å². The lowest BCUT2D eigenvalue weighted by molar-refractivity contribution is -0.136. The number of anilines is 1. The Morgan fingerprint density at radius 3 is 2.83 bits per heavy atom. The van der Waals surface area contributed by atoms with Gasteiger partial charge in [-0.15, -0.1) is 6.42 Å². The number of terminal acetylenes is 1. The van der Waals surface area contributed by atoms with Crippen molar-refractivity contribution in [2.24, 2.45) is 0 Å². The van der Waals surface area contributed by atoms with Crippen LogP contribution in [0.4, 0.5) is 5.69 Å². The summed E-state index contributed by atoms with van der Waals surface area (Å²) in [4.78, 5) is 22.0. The second-order valence-corrected chi connectivity index (χ2v) is 3.63. The summed E-state index contributed by atoms with van der Waals surface area (Å²) >= 11 is 0. The van der Waals surface area contributed by atoms with Crippen LogP contribution in [0.2, 0.25) is 0 Å². The first-order valence-corrected chi connectivity index (χ1v) is 5.36. The molecule has 1 aromatic carbocycles. The van der Waals surface area contributed by atoms with E-state index >= 15 is 0 Å². The molecule has 1 aromatic rings. The monoisotopic (exact) mass is 246 g/mol. The van der Waals surface area contributed by atoms with Crippen LogP contribution in [0.25, 0.3) is 0 Å². The first kappa shape index (κ1) is 13.7. The van der Waals surface area contributed by atoms with E-state index in [0.717, 1.165) is 0 Å². The molecule has 0 aliphatic rings. The number of carboxylic acid groups (broad SMARTS) is 1. The van der Waals surface area contributed by atoms with Crippen molar-refractivity contribution in [1.29, 1.82) is 0 Å². The van der Waals surface area contributed by atoms with Gasteiger partial charge in [0, 0.05) is 5.69 Å². The Bertz CT molecular complexity index is 477. The van der Waals surface area contributed by atoms with Gasteiger partial charge in [0.2, 0.25) is 5.91 Å². The molecule has 3 N–H and O–H groups in total. The predicted molar refractivity (Wildman–Crippen MR) is 68.1 cm³/mol. The highest BCUT2D eigenvalue weighted by Gasteiger charge is 2.04. The second kappa shape index (κ2) is 7.09. The van der Waals surface area contributed by atoms with E-state index in [1.165, 1.54) is 0 Å². The predicted octanol–water partition coefficient (Wildman–Crippen LogP) is 0.475. The molecule has 18 heavy (non-hydrogen) atoms. The lowest BCUT2D eigenvalue weighted by Gasteiger charge is -2.06. The zero-order chi connectivity index (χ0) is 13.4. The van der Waals surface area contributed by atoms with Crippen LogP contribution >= 0.6 is 0 Å². The Morgan fingerprint density at radius 2 is 2.17 bits per heavy atom. The van der Waals surface area contributed by atoms with Crippen LogP contribution < -0.4 is 10.6 Å². The number of nitrogens with one attached hydrogen (secondary N) is 2. The number of hydrogen-bond acceptors (Lipinski definition) is 3. The van der Waals surface area contributed by atoms with Crippen molar-refractivity contribution in [1.82, 2.24) is 5.32 Å². The summed E-state index contributed by atoms with van der Waals surface area (Å²) in [5.74, 6) is 1.23. The average Bonchev–Trinajstić information content (AvgIpc) is 2.28. The van der Waals surface area contributed by atoms with Gasteiger partial charge in [-0.2, -0.15) is 0 Å². The molecule has 0 aliphatic heterocycles. The fourth-order valence-corrected chi connectivity index (χ4v) is 1.39. The van der Waals surface area contributed by atoms with E-state index in [-0.39, 0.29) is 18.9 Å². The summed E-state index contributed by atoms with van der Waals surface area (Å²) in [5.41, 5.74) is 1.21. The van der Waals surface area contributed by atoms with E-state index in [0.29, 0.717) is 17.8 Å². The van der Waals surface area contributed by atoms with Crippen molar-refractivity contribution in [2.45, 2.75) is 6.42 Å². The van der Waals surface area contributed by atoms with Gasteiger partial charge in [0.1, 0.15) is 0 Å². The van der Waals surface area contributed by atoms with Crippen molar-refractivity contribution in [3.63, 3.8) is 0 Å². The highest BCUT2D eigenvalue weighted by molar-refractivity contribution is 5.92. The zero-order valence-electron chi connectivity index (χ0n) is 9.77. The molecule has 1 amide bonds. The summed E-state index contributed by atoms with van der Waals surface area (Å²) < 4.78 is 0. The summed E-state index contributed by atoms with van der Waals surface area (Å²) in [7, 11) is 0. The lowest BCUT2D eigenvalue weighted by Crippen LogP contribution is -2.28. The van der Waals surface area contributed by atoms with E-state index in [9.17, 15) is 9.59 Å². The van der Waals surface area contributed by atoms with Gasteiger partial charge in [-0.05, 0) is 17.7 Å². The van der Waals surface area contributed by atoms with Crippen molar-refractivity contribution < 1.29 is 14.7 Å². The highest BCUT2D eigenvalue weighted by atomic mass is 16.4. The molecule has 0 unspecified atom stereocenters. The van der Waals surface area contributed by atoms with Gasteiger partial charge in [-0.1, -0.05) is 18.1 Å². The number of amides is 1. The van der Waals surface area contributed by atoms with E-state index in [2.05, 4.69) is 16.6 Å². The molecule has 5 nitrogen and oxygen atoms in total. The number of carboxylic acids is 1. The SMILES string of the molecule is C#CCNCC(=O)Nc1cccc(CC(=O)O)c1. The number of aliphatic carboxylic acids is 1. The molecule has 0 fully saturated rings. The molecular weight excluding hydrogens is 232 g/mol. The third-order valence-electron chi connectivity index (χ3n) is 2.08. The van der Waals surface area contributed by atoms with Crippen LogP contribution in [-0.4, -0.2) is 30.1 Å². The molecule has 0 saturated heterocycles. The number of carbonyl (C=O) groups excluding carboxylic acids is 1. The molecule has 94 valence electrons. The van der Waals surface area contributed by atoms with Crippen molar-refractivity contribution in [3.8, 4) is 12.3 Å². The second-order valence-electron chi connectivity index (χ2n) is 3.63. The fraction of sp³-hybridized carbons (Fsp3) is 0.231. The van der Waals surface area contributed by atoms with Gasteiger partial charge in [0.15, 0.2) is 0 Å². The van der Waals surface area contributed by atoms with Gasteiger partial charge >= 0.3 is 5.97 Å². The van der Waals surface area contributed by atoms with Crippen LogP contribution in [0.5, 0.6) is 0 Å². The molecule has 0 heterocycles. The fourth-order valence-electron chi connectivity index (χ4n) is 1.39. The van der Waals surface area contributed by atoms with Crippen LogP contribution in [-0.2, 0) is 16.0 Å². The largest absolute Gasteiger partial charge is 0.481 e. The Morgan fingerprint density at radius 1 is 1.39 bits per heavy atom. The quantitative estimate of drug-likeness (QED) is 0.504. The van der Waals surface area contributed by atoms with Gasteiger partial charge < -0.3 is 10.4 Å². The topological polar surface area (TPSA) is 78.4 Å². The summed E-state index contributed by atoms with van der Waals surface area (Å²) in [6.45, 7) is 0.444. The highest BCUT2D eigenvalue weighted by Crippen LogP contribution is 2.11. The third kappa shape index (κ3) is 5.14. The minimum absolute atomic E-state index is 0.0704. The Balaban J connectivity index is 2.54. The molecule has 0 aliphatic carbocycles. The molecule has 0 radical (unpaired) electrons. The number of carbonyl (C=O) groups is 2. The minimum atomic E-state index is -0.908. The number of hydrogen-bond donors (Lipinski definition) is 3. The zero-order valence-corrected chi connectivity index (χ0v) is 9.77. The van der Waals surface area contributed by atoms with Gasteiger partial charge in [-0.3, -0.25) is 14.9 Å². The lowest BCUT2D eigenvalue weighted by atomic mass is 10.1. The maximum Gasteiger partial charge on any atom is 0.307 e. The molecule has 1 rings (SSSR count). The molecule has 5 heteroatoms. The third-order valence-corrected chi connectivity index (χ3v) is 2.08. The summed E-state index contributed by atoms with van der Waals surface area (Å²) in [6.07, 6.45) is 4.96. The van der Waals surface area contributed by atoms with E-state index in [1.807, 2.05) is 0 Å². The van der Waals surface area contributed by atoms with E-state index in [1.54, 1.807) is 24.3 Å². The summed E-state index contributed by atoms with van der Waals surface area (Å²) in [6, 6.07) is 6.72. The average molecular weight is 246 g/mol. The van der Waals surface area contributed by atoms with Gasteiger partial charge in [0.25, 0.3) is 0 Å². The van der Waals surface area contributed by atoms with Crippen molar-refractivity contribution in [2.75, 3.05) is 18.4 Å². The first-order valence-electron chi connectivity index (χ1n) is 5.36. The molecular formula is C13H14N2O3.